The Kier molecular flexibility index (Phi) is 5.56. The van der Waals surface area contributed by atoms with Gasteiger partial charge in [-0.25, -0.2) is 0 Å². The lowest BCUT2D eigenvalue weighted by Gasteiger charge is -2.07. The first-order valence-electron chi connectivity index (χ1n) is 4.75. The van der Waals surface area contributed by atoms with E-state index in [2.05, 4.69) is 37.9 Å². The van der Waals surface area contributed by atoms with Crippen molar-refractivity contribution in [1.29, 1.82) is 0 Å². The summed E-state index contributed by atoms with van der Waals surface area (Å²) in [6, 6.07) is 6.18. The summed E-state index contributed by atoms with van der Waals surface area (Å²) in [7, 11) is 0. The molecule has 1 nitrogen and oxygen atoms in total. The second kappa shape index (κ2) is 6.46. The molecule has 14 heavy (non-hydrogen) atoms. The van der Waals surface area contributed by atoms with Crippen molar-refractivity contribution in [3.05, 3.63) is 28.2 Å². The maximum Gasteiger partial charge on any atom is 0.120 e. The fourth-order valence-corrected chi connectivity index (χ4v) is 2.08. The summed E-state index contributed by atoms with van der Waals surface area (Å²) in [6.45, 7) is 2.71. The molecule has 0 aliphatic rings. The molecule has 0 N–H and O–H groups in total. The van der Waals surface area contributed by atoms with E-state index in [-0.39, 0.29) is 0 Å². The SMILES string of the molecule is CCOc1ccc(CCCBr)c(Br)c1. The molecule has 0 saturated carbocycles. The minimum atomic E-state index is 0.715. The van der Waals surface area contributed by atoms with Crippen molar-refractivity contribution >= 4 is 31.9 Å². The van der Waals surface area contributed by atoms with E-state index in [9.17, 15) is 0 Å². The van der Waals surface area contributed by atoms with E-state index in [0.717, 1.165) is 28.4 Å². The first kappa shape index (κ1) is 12.1. The standard InChI is InChI=1S/C11H14Br2O/c1-2-14-10-6-5-9(4-3-7-12)11(13)8-10/h5-6,8H,2-4,7H2,1H3. The van der Waals surface area contributed by atoms with Crippen molar-refractivity contribution in [1.82, 2.24) is 0 Å². The van der Waals surface area contributed by atoms with Gasteiger partial charge < -0.3 is 4.74 Å². The van der Waals surface area contributed by atoms with Crippen LogP contribution in [-0.4, -0.2) is 11.9 Å². The Balaban J connectivity index is 2.68. The van der Waals surface area contributed by atoms with Crippen molar-refractivity contribution in [2.75, 3.05) is 11.9 Å². The van der Waals surface area contributed by atoms with Crippen LogP contribution in [0.25, 0.3) is 0 Å². The third-order valence-electron chi connectivity index (χ3n) is 1.92. The average molecular weight is 322 g/mol. The molecule has 0 saturated heterocycles. The predicted octanol–water partition coefficient (Wildman–Crippen LogP) is 4.18. The Morgan fingerprint density at radius 3 is 2.71 bits per heavy atom. The normalized spacial score (nSPS) is 10.2. The minimum Gasteiger partial charge on any atom is -0.494 e. The van der Waals surface area contributed by atoms with E-state index in [1.54, 1.807) is 0 Å². The van der Waals surface area contributed by atoms with Crippen molar-refractivity contribution in [3.63, 3.8) is 0 Å². The summed E-state index contributed by atoms with van der Waals surface area (Å²) in [6.07, 6.45) is 2.25. The molecule has 0 bridgehead atoms. The molecule has 0 spiro atoms. The van der Waals surface area contributed by atoms with Gasteiger partial charge in [0.15, 0.2) is 0 Å². The molecule has 0 heterocycles. The van der Waals surface area contributed by atoms with Crippen LogP contribution >= 0.6 is 31.9 Å². The van der Waals surface area contributed by atoms with Crippen LogP contribution in [0.1, 0.15) is 18.9 Å². The summed E-state index contributed by atoms with van der Waals surface area (Å²) >= 11 is 6.98. The van der Waals surface area contributed by atoms with Gasteiger partial charge in [0, 0.05) is 9.80 Å². The van der Waals surface area contributed by atoms with Gasteiger partial charge in [0.1, 0.15) is 5.75 Å². The second-order valence-corrected chi connectivity index (χ2v) is 4.63. The molecule has 0 atom stereocenters. The van der Waals surface area contributed by atoms with E-state index >= 15 is 0 Å². The zero-order valence-corrected chi connectivity index (χ0v) is 11.4. The highest BCUT2D eigenvalue weighted by atomic mass is 79.9. The average Bonchev–Trinajstić information content (AvgIpc) is 2.17. The van der Waals surface area contributed by atoms with E-state index in [4.69, 9.17) is 4.74 Å². The molecule has 0 aliphatic heterocycles. The van der Waals surface area contributed by atoms with Crippen molar-refractivity contribution in [2.45, 2.75) is 19.8 Å². The Morgan fingerprint density at radius 2 is 2.14 bits per heavy atom. The number of ether oxygens (including phenoxy) is 1. The van der Waals surface area contributed by atoms with Gasteiger partial charge in [-0.15, -0.1) is 0 Å². The lowest BCUT2D eigenvalue weighted by molar-refractivity contribution is 0.340. The van der Waals surface area contributed by atoms with Crippen LogP contribution < -0.4 is 4.74 Å². The lowest BCUT2D eigenvalue weighted by Crippen LogP contribution is -1.93. The number of hydrogen-bond donors (Lipinski definition) is 0. The van der Waals surface area contributed by atoms with Crippen LogP contribution in [0, 0.1) is 0 Å². The fourth-order valence-electron chi connectivity index (χ4n) is 1.24. The Bertz CT molecular complexity index is 287. The predicted molar refractivity (Wildman–Crippen MR) is 67.4 cm³/mol. The summed E-state index contributed by atoms with van der Waals surface area (Å²) in [5.74, 6) is 0.932. The fraction of sp³-hybridized carbons (Fsp3) is 0.455. The molecule has 1 aromatic carbocycles. The molecule has 0 aliphatic carbocycles. The summed E-state index contributed by atoms with van der Waals surface area (Å²) in [5.41, 5.74) is 1.34. The number of hydrogen-bond acceptors (Lipinski definition) is 1. The first-order chi connectivity index (χ1) is 6.77. The third kappa shape index (κ3) is 3.62. The van der Waals surface area contributed by atoms with E-state index in [1.165, 1.54) is 5.56 Å². The Morgan fingerprint density at radius 1 is 1.36 bits per heavy atom. The van der Waals surface area contributed by atoms with Gasteiger partial charge in [-0.05, 0) is 37.5 Å². The topological polar surface area (TPSA) is 9.23 Å². The van der Waals surface area contributed by atoms with Crippen LogP contribution in [0.5, 0.6) is 5.75 Å². The minimum absolute atomic E-state index is 0.715. The van der Waals surface area contributed by atoms with Crippen LogP contribution in [0.4, 0.5) is 0 Å². The molecule has 1 rings (SSSR count). The molecule has 0 aromatic heterocycles. The van der Waals surface area contributed by atoms with Crippen molar-refractivity contribution < 1.29 is 4.74 Å². The summed E-state index contributed by atoms with van der Waals surface area (Å²) in [4.78, 5) is 0. The zero-order valence-electron chi connectivity index (χ0n) is 8.22. The highest BCUT2D eigenvalue weighted by Crippen LogP contribution is 2.24. The molecule has 0 radical (unpaired) electrons. The van der Waals surface area contributed by atoms with E-state index in [1.807, 2.05) is 19.1 Å². The van der Waals surface area contributed by atoms with Crippen LogP contribution in [-0.2, 0) is 6.42 Å². The largest absolute Gasteiger partial charge is 0.494 e. The molecule has 0 amide bonds. The molecule has 78 valence electrons. The van der Waals surface area contributed by atoms with Gasteiger partial charge in [0.05, 0.1) is 6.61 Å². The van der Waals surface area contributed by atoms with Crippen LogP contribution in [0.2, 0.25) is 0 Å². The molecule has 1 aromatic rings. The van der Waals surface area contributed by atoms with Crippen LogP contribution in [0.3, 0.4) is 0 Å². The zero-order chi connectivity index (χ0) is 10.4. The molecular formula is C11H14Br2O. The van der Waals surface area contributed by atoms with E-state index in [0.29, 0.717) is 6.61 Å². The van der Waals surface area contributed by atoms with E-state index < -0.39 is 0 Å². The number of halogens is 2. The Hall–Kier alpha value is -0.0200. The summed E-state index contributed by atoms with van der Waals surface area (Å²) in [5, 5.41) is 1.05. The van der Waals surface area contributed by atoms with Gasteiger partial charge in [0.2, 0.25) is 0 Å². The van der Waals surface area contributed by atoms with Crippen molar-refractivity contribution in [2.24, 2.45) is 0 Å². The monoisotopic (exact) mass is 320 g/mol. The van der Waals surface area contributed by atoms with Gasteiger partial charge >= 0.3 is 0 Å². The quantitative estimate of drug-likeness (QED) is 0.739. The number of rotatable bonds is 5. The Labute approximate surface area is 102 Å². The van der Waals surface area contributed by atoms with Crippen LogP contribution in [0.15, 0.2) is 22.7 Å². The van der Waals surface area contributed by atoms with Gasteiger partial charge in [-0.2, -0.15) is 0 Å². The van der Waals surface area contributed by atoms with Gasteiger partial charge in [0.25, 0.3) is 0 Å². The number of benzene rings is 1. The highest BCUT2D eigenvalue weighted by Gasteiger charge is 2.01. The molecule has 0 fully saturated rings. The lowest BCUT2D eigenvalue weighted by atomic mass is 10.1. The van der Waals surface area contributed by atoms with Crippen molar-refractivity contribution in [3.8, 4) is 5.75 Å². The first-order valence-corrected chi connectivity index (χ1v) is 6.66. The highest BCUT2D eigenvalue weighted by molar-refractivity contribution is 9.10. The number of alkyl halides is 1. The molecule has 0 unspecified atom stereocenters. The smallest absolute Gasteiger partial charge is 0.120 e. The van der Waals surface area contributed by atoms with Gasteiger partial charge in [-0.1, -0.05) is 37.9 Å². The molecular weight excluding hydrogens is 308 g/mol. The summed E-state index contributed by atoms with van der Waals surface area (Å²) < 4.78 is 6.55. The maximum absolute atomic E-state index is 5.41. The maximum atomic E-state index is 5.41. The molecule has 3 heteroatoms. The number of aryl methyl sites for hydroxylation is 1. The second-order valence-electron chi connectivity index (χ2n) is 2.98. The third-order valence-corrected chi connectivity index (χ3v) is 3.21. The van der Waals surface area contributed by atoms with Gasteiger partial charge in [-0.3, -0.25) is 0 Å².